The largest absolute Gasteiger partial charge is 0.330 e. The summed E-state index contributed by atoms with van der Waals surface area (Å²) in [7, 11) is 0. The molecular weight excluding hydrogens is 328 g/mol. The van der Waals surface area contributed by atoms with E-state index in [0.29, 0.717) is 25.3 Å². The molecule has 1 amide bonds. The Bertz CT molecular complexity index is 1020. The summed E-state index contributed by atoms with van der Waals surface area (Å²) in [4.78, 5) is 20.8. The number of carbonyl (C=O) groups excluding carboxylic acids is 1. The Morgan fingerprint density at radius 2 is 2.00 bits per heavy atom. The average molecular weight is 346 g/mol. The molecule has 130 valence electrons. The first-order valence-corrected chi connectivity index (χ1v) is 8.40. The molecule has 0 aliphatic rings. The Balaban J connectivity index is 1.39. The highest BCUT2D eigenvalue weighted by Crippen LogP contribution is 2.13. The van der Waals surface area contributed by atoms with Crippen LogP contribution in [0, 0.1) is 0 Å². The van der Waals surface area contributed by atoms with Crippen molar-refractivity contribution in [1.82, 2.24) is 24.3 Å². The van der Waals surface area contributed by atoms with Gasteiger partial charge in [0.1, 0.15) is 5.82 Å². The van der Waals surface area contributed by atoms with Gasteiger partial charge in [-0.1, -0.05) is 18.2 Å². The first kappa shape index (κ1) is 16.0. The fourth-order valence-corrected chi connectivity index (χ4v) is 2.85. The third-order valence-electron chi connectivity index (χ3n) is 4.15. The molecule has 0 unspecified atom stereocenters. The number of imidazole rings is 1. The fourth-order valence-electron chi connectivity index (χ4n) is 2.85. The van der Waals surface area contributed by atoms with Gasteiger partial charge >= 0.3 is 0 Å². The van der Waals surface area contributed by atoms with Gasteiger partial charge < -0.3 is 9.88 Å². The third kappa shape index (κ3) is 3.46. The summed E-state index contributed by atoms with van der Waals surface area (Å²) < 4.78 is 3.74. The van der Waals surface area contributed by atoms with E-state index in [4.69, 9.17) is 0 Å². The second kappa shape index (κ2) is 7.18. The predicted molar refractivity (Wildman–Crippen MR) is 98.5 cm³/mol. The lowest BCUT2D eigenvalue weighted by atomic mass is 10.3. The van der Waals surface area contributed by atoms with Crippen molar-refractivity contribution in [2.24, 2.45) is 0 Å². The molecule has 1 N–H and O–H groups in total. The van der Waals surface area contributed by atoms with Crippen LogP contribution in [0.2, 0.25) is 0 Å². The summed E-state index contributed by atoms with van der Waals surface area (Å²) in [6, 6.07) is 13.5. The van der Waals surface area contributed by atoms with Crippen LogP contribution in [-0.4, -0.2) is 30.2 Å². The van der Waals surface area contributed by atoms with E-state index in [1.165, 1.54) is 0 Å². The number of fused-ring (bicyclic) bond motifs is 1. The van der Waals surface area contributed by atoms with Gasteiger partial charge in [-0.3, -0.25) is 9.78 Å². The minimum atomic E-state index is -0.0595. The number of para-hydroxylation sites is 2. The van der Waals surface area contributed by atoms with Gasteiger partial charge in [0.05, 0.1) is 30.1 Å². The van der Waals surface area contributed by atoms with Gasteiger partial charge in [0.25, 0.3) is 0 Å². The molecule has 0 radical (unpaired) electrons. The lowest BCUT2D eigenvalue weighted by Crippen LogP contribution is -2.17. The summed E-state index contributed by atoms with van der Waals surface area (Å²) >= 11 is 0. The number of amides is 1. The third-order valence-corrected chi connectivity index (χ3v) is 4.15. The molecule has 3 aromatic heterocycles. The highest BCUT2D eigenvalue weighted by atomic mass is 16.1. The average Bonchev–Trinajstić information content (AvgIpc) is 3.28. The smallest absolute Gasteiger partial charge is 0.227 e. The number of pyridine rings is 1. The number of rotatable bonds is 6. The van der Waals surface area contributed by atoms with Crippen molar-refractivity contribution >= 4 is 22.8 Å². The summed E-state index contributed by atoms with van der Waals surface area (Å²) in [6.45, 7) is 1.13. The lowest BCUT2D eigenvalue weighted by Gasteiger charge is -2.09. The maximum atomic E-state index is 12.3. The lowest BCUT2D eigenvalue weighted by molar-refractivity contribution is -0.116. The van der Waals surface area contributed by atoms with Crippen LogP contribution in [0.1, 0.15) is 12.0 Å². The van der Waals surface area contributed by atoms with Crippen molar-refractivity contribution in [2.45, 2.75) is 19.5 Å². The maximum Gasteiger partial charge on any atom is 0.227 e. The zero-order valence-electron chi connectivity index (χ0n) is 14.1. The van der Waals surface area contributed by atoms with Gasteiger partial charge in [0, 0.05) is 31.4 Å². The minimum Gasteiger partial charge on any atom is -0.330 e. The van der Waals surface area contributed by atoms with Crippen LogP contribution < -0.4 is 5.32 Å². The van der Waals surface area contributed by atoms with E-state index >= 15 is 0 Å². The highest BCUT2D eigenvalue weighted by molar-refractivity contribution is 5.89. The van der Waals surface area contributed by atoms with E-state index < -0.39 is 0 Å². The Labute approximate surface area is 150 Å². The van der Waals surface area contributed by atoms with Crippen molar-refractivity contribution < 1.29 is 4.79 Å². The molecular formula is C19H18N6O. The van der Waals surface area contributed by atoms with Crippen molar-refractivity contribution in [3.05, 3.63) is 72.9 Å². The van der Waals surface area contributed by atoms with Gasteiger partial charge in [-0.2, -0.15) is 5.10 Å². The summed E-state index contributed by atoms with van der Waals surface area (Å²) in [5.74, 6) is 0.616. The molecule has 0 aliphatic carbocycles. The van der Waals surface area contributed by atoms with Gasteiger partial charge in [0.2, 0.25) is 5.91 Å². The second-order valence-corrected chi connectivity index (χ2v) is 5.96. The molecule has 7 nitrogen and oxygen atoms in total. The Morgan fingerprint density at radius 1 is 1.08 bits per heavy atom. The van der Waals surface area contributed by atoms with E-state index in [-0.39, 0.29) is 5.91 Å². The van der Waals surface area contributed by atoms with Crippen molar-refractivity contribution in [3.8, 4) is 0 Å². The van der Waals surface area contributed by atoms with Crippen LogP contribution in [0.5, 0.6) is 0 Å². The second-order valence-electron chi connectivity index (χ2n) is 5.96. The normalized spacial score (nSPS) is 10.9. The summed E-state index contributed by atoms with van der Waals surface area (Å²) in [5, 5.41) is 7.20. The molecule has 0 spiro atoms. The number of hydrogen-bond donors (Lipinski definition) is 1. The standard InChI is InChI=1S/C19H18N6O/c26-19(8-11-24-14-21-16-5-1-2-6-17(16)24)23-18-7-10-22-25(18)13-15-4-3-9-20-12-15/h1-7,9-10,12,14H,8,11,13H2,(H,23,26). The zero-order valence-corrected chi connectivity index (χ0v) is 14.1. The van der Waals surface area contributed by atoms with Gasteiger partial charge in [-0.15, -0.1) is 0 Å². The molecule has 0 saturated heterocycles. The molecule has 4 aromatic rings. The van der Waals surface area contributed by atoms with Gasteiger partial charge in [-0.05, 0) is 23.8 Å². The number of hydrogen-bond acceptors (Lipinski definition) is 4. The summed E-state index contributed by atoms with van der Waals surface area (Å²) in [5.41, 5.74) is 2.99. The highest BCUT2D eigenvalue weighted by Gasteiger charge is 2.09. The van der Waals surface area contributed by atoms with E-state index in [2.05, 4.69) is 20.4 Å². The molecule has 0 fully saturated rings. The minimum absolute atomic E-state index is 0.0595. The topological polar surface area (TPSA) is 77.6 Å². The van der Waals surface area contributed by atoms with Crippen molar-refractivity contribution in [2.75, 3.05) is 5.32 Å². The van der Waals surface area contributed by atoms with Crippen LogP contribution in [-0.2, 0) is 17.9 Å². The van der Waals surface area contributed by atoms with Crippen LogP contribution >= 0.6 is 0 Å². The zero-order chi connectivity index (χ0) is 17.8. The number of aromatic nitrogens is 5. The molecule has 0 bridgehead atoms. The SMILES string of the molecule is O=C(CCn1cnc2ccccc21)Nc1ccnn1Cc1cccnc1. The number of carbonyl (C=O) groups is 1. The number of nitrogens with zero attached hydrogens (tertiary/aromatic N) is 5. The first-order valence-electron chi connectivity index (χ1n) is 8.40. The summed E-state index contributed by atoms with van der Waals surface area (Å²) in [6.07, 6.45) is 7.32. The Morgan fingerprint density at radius 3 is 2.88 bits per heavy atom. The van der Waals surface area contributed by atoms with Crippen molar-refractivity contribution in [1.29, 1.82) is 0 Å². The molecule has 7 heteroatoms. The van der Waals surface area contributed by atoms with E-state index in [1.54, 1.807) is 35.7 Å². The number of aryl methyl sites for hydroxylation is 1. The van der Waals surface area contributed by atoms with E-state index in [9.17, 15) is 4.79 Å². The monoisotopic (exact) mass is 346 g/mol. The van der Waals surface area contributed by atoms with Crippen molar-refractivity contribution in [3.63, 3.8) is 0 Å². The fraction of sp³-hybridized carbons (Fsp3) is 0.158. The molecule has 0 aliphatic heterocycles. The van der Waals surface area contributed by atoms with Crippen LogP contribution in [0.4, 0.5) is 5.82 Å². The predicted octanol–water partition coefficient (Wildman–Crippen LogP) is 2.70. The molecule has 1 aromatic carbocycles. The van der Waals surface area contributed by atoms with Gasteiger partial charge in [0.15, 0.2) is 0 Å². The molecule has 4 rings (SSSR count). The quantitative estimate of drug-likeness (QED) is 0.582. The van der Waals surface area contributed by atoms with Crippen LogP contribution in [0.3, 0.4) is 0 Å². The Kier molecular flexibility index (Phi) is 4.42. The number of benzene rings is 1. The van der Waals surface area contributed by atoms with E-state index in [0.717, 1.165) is 16.6 Å². The van der Waals surface area contributed by atoms with Gasteiger partial charge in [-0.25, -0.2) is 9.67 Å². The molecule has 26 heavy (non-hydrogen) atoms. The van der Waals surface area contributed by atoms with E-state index in [1.807, 2.05) is 41.0 Å². The first-order chi connectivity index (χ1) is 12.8. The molecule has 0 saturated carbocycles. The number of anilines is 1. The molecule has 0 atom stereocenters. The number of nitrogens with one attached hydrogen (secondary N) is 1. The molecule has 3 heterocycles. The maximum absolute atomic E-state index is 12.3. The van der Waals surface area contributed by atoms with Crippen LogP contribution in [0.25, 0.3) is 11.0 Å². The Hall–Kier alpha value is -3.48. The van der Waals surface area contributed by atoms with Crippen LogP contribution in [0.15, 0.2) is 67.4 Å².